The van der Waals surface area contributed by atoms with Crippen LogP contribution in [-0.2, 0) is 4.79 Å². The van der Waals surface area contributed by atoms with Gasteiger partial charge >= 0.3 is 0 Å². The summed E-state index contributed by atoms with van der Waals surface area (Å²) < 4.78 is 11.8. The van der Waals surface area contributed by atoms with Crippen molar-refractivity contribution in [1.29, 1.82) is 5.26 Å². The van der Waals surface area contributed by atoms with E-state index in [9.17, 15) is 14.9 Å². The van der Waals surface area contributed by atoms with Gasteiger partial charge < -0.3 is 25.0 Å². The maximum absolute atomic E-state index is 13.0. The van der Waals surface area contributed by atoms with Gasteiger partial charge in [0.2, 0.25) is 11.8 Å². The lowest BCUT2D eigenvalue weighted by atomic mass is 10.1. The van der Waals surface area contributed by atoms with Crippen LogP contribution >= 0.6 is 0 Å². The van der Waals surface area contributed by atoms with Gasteiger partial charge in [0.1, 0.15) is 34.5 Å². The molecular weight excluding hydrogens is 496 g/mol. The molecule has 0 spiro atoms. The van der Waals surface area contributed by atoms with Crippen molar-refractivity contribution in [3.8, 4) is 29.2 Å². The van der Waals surface area contributed by atoms with Gasteiger partial charge in [-0.2, -0.15) is 10.2 Å². The van der Waals surface area contributed by atoms with E-state index in [0.29, 0.717) is 42.2 Å². The first-order valence-electron chi connectivity index (χ1n) is 12.9. The smallest absolute Gasteiger partial charge is 0.264 e. The number of hydrogen-bond donors (Lipinski definition) is 1. The fourth-order valence-corrected chi connectivity index (χ4v) is 5.02. The van der Waals surface area contributed by atoms with Crippen LogP contribution in [-0.4, -0.2) is 51.9 Å². The molecule has 10 heteroatoms. The van der Waals surface area contributed by atoms with Crippen LogP contribution < -0.4 is 20.1 Å². The molecule has 2 aromatic carbocycles. The summed E-state index contributed by atoms with van der Waals surface area (Å²) in [7, 11) is 0. The quantitative estimate of drug-likeness (QED) is 0.349. The van der Waals surface area contributed by atoms with E-state index in [1.165, 1.54) is 6.20 Å². The van der Waals surface area contributed by atoms with E-state index >= 15 is 0 Å². The molecule has 10 nitrogen and oxygen atoms in total. The number of aromatic nitrogens is 2. The summed E-state index contributed by atoms with van der Waals surface area (Å²) in [6, 6.07) is 18.4. The van der Waals surface area contributed by atoms with Gasteiger partial charge in [-0.25, -0.2) is 4.98 Å². The molecule has 2 atom stereocenters. The zero-order valence-corrected chi connectivity index (χ0v) is 21.1. The Balaban J connectivity index is 1.17. The zero-order valence-electron chi connectivity index (χ0n) is 21.1. The maximum Gasteiger partial charge on any atom is 0.264 e. The van der Waals surface area contributed by atoms with Crippen LogP contribution in [0.5, 0.6) is 23.1 Å². The van der Waals surface area contributed by atoms with Crippen molar-refractivity contribution in [3.05, 3.63) is 78.0 Å². The minimum atomic E-state index is -0.702. The molecule has 0 unspecified atom stereocenters. The number of para-hydroxylation sites is 1. The summed E-state index contributed by atoms with van der Waals surface area (Å²) in [5.41, 5.74) is 5.86. The van der Waals surface area contributed by atoms with Crippen LogP contribution in [0, 0.1) is 17.2 Å². The number of carbonyl (C=O) groups is 2. The van der Waals surface area contributed by atoms with E-state index < -0.39 is 5.91 Å². The molecule has 196 valence electrons. The number of piperazine rings is 1. The topological polar surface area (TPSA) is 135 Å². The van der Waals surface area contributed by atoms with Crippen molar-refractivity contribution in [3.63, 3.8) is 0 Å². The third kappa shape index (κ3) is 5.11. The van der Waals surface area contributed by atoms with E-state index in [1.807, 2.05) is 41.3 Å². The predicted molar refractivity (Wildman–Crippen MR) is 141 cm³/mol. The number of hydrogen-bond acceptors (Lipinski definition) is 8. The molecule has 2 aliphatic heterocycles. The Morgan fingerprint density at radius 2 is 1.67 bits per heavy atom. The van der Waals surface area contributed by atoms with Gasteiger partial charge in [0.05, 0.1) is 12.1 Å². The summed E-state index contributed by atoms with van der Waals surface area (Å²) >= 11 is 0. The molecule has 3 aromatic rings. The van der Waals surface area contributed by atoms with Crippen molar-refractivity contribution in [2.45, 2.75) is 31.3 Å². The lowest BCUT2D eigenvalue weighted by Gasteiger charge is -2.34. The molecule has 1 aromatic heterocycles. The average Bonchev–Trinajstić information content (AvgIpc) is 3.54. The molecule has 1 saturated carbocycles. The molecule has 2 amide bonds. The second kappa shape index (κ2) is 10.1. The van der Waals surface area contributed by atoms with E-state index in [4.69, 9.17) is 15.2 Å². The van der Waals surface area contributed by atoms with Gasteiger partial charge in [0.15, 0.2) is 0 Å². The largest absolute Gasteiger partial charge is 0.457 e. The molecule has 0 radical (unpaired) electrons. The molecule has 6 rings (SSSR count). The second-order valence-corrected chi connectivity index (χ2v) is 9.92. The molecule has 2 bridgehead atoms. The van der Waals surface area contributed by atoms with E-state index in [1.54, 1.807) is 29.2 Å². The molecule has 2 N–H and O–H groups in total. The van der Waals surface area contributed by atoms with Gasteiger partial charge in [-0.15, -0.1) is 0 Å². The standard InChI is InChI=1S/C29H26N6O4/c30-14-19(12-18-6-7-18)28(37)34-16-21-13-20(34)17-35(21)29-32-15-25(26(31)36)27(33-29)39-24-10-8-23(9-11-24)38-22-4-2-1-3-5-22/h1-5,8-12,15,18,20-21H,6-7,13,16-17H2,(H2,31,36)/b19-12+/t20-,21-/m0/s1. The van der Waals surface area contributed by atoms with E-state index in [2.05, 4.69) is 16.0 Å². The number of nitriles is 1. The predicted octanol–water partition coefficient (Wildman–Crippen LogP) is 3.81. The van der Waals surface area contributed by atoms with Gasteiger partial charge in [0.25, 0.3) is 11.8 Å². The molecule has 39 heavy (non-hydrogen) atoms. The lowest BCUT2D eigenvalue weighted by molar-refractivity contribution is -0.127. The number of likely N-dealkylation sites (tertiary alicyclic amines) is 1. The highest BCUT2D eigenvalue weighted by atomic mass is 16.5. The first-order chi connectivity index (χ1) is 19.0. The Labute approximate surface area is 225 Å². The minimum Gasteiger partial charge on any atom is -0.457 e. The Morgan fingerprint density at radius 3 is 2.28 bits per heavy atom. The summed E-state index contributed by atoms with van der Waals surface area (Å²) in [6.45, 7) is 1.01. The number of rotatable bonds is 8. The second-order valence-electron chi connectivity index (χ2n) is 9.92. The highest BCUT2D eigenvalue weighted by molar-refractivity contribution is 5.98. The van der Waals surface area contributed by atoms with Gasteiger partial charge in [-0.05, 0) is 61.6 Å². The number of nitrogens with zero attached hydrogens (tertiary/aromatic N) is 5. The summed E-state index contributed by atoms with van der Waals surface area (Å²) in [4.78, 5) is 37.8. The minimum absolute atomic E-state index is 0.00140. The Bertz CT molecular complexity index is 1480. The van der Waals surface area contributed by atoms with Crippen molar-refractivity contribution in [1.82, 2.24) is 14.9 Å². The maximum atomic E-state index is 13.0. The number of ether oxygens (including phenoxy) is 2. The normalized spacial score (nSPS) is 20.0. The number of carbonyl (C=O) groups excluding carboxylic acids is 2. The number of amides is 2. The average molecular weight is 523 g/mol. The Hall–Kier alpha value is -4.91. The molecule has 1 aliphatic carbocycles. The number of benzene rings is 2. The Morgan fingerprint density at radius 1 is 0.974 bits per heavy atom. The van der Waals surface area contributed by atoms with E-state index in [0.717, 1.165) is 19.3 Å². The Kier molecular flexibility index (Phi) is 6.32. The number of nitrogens with two attached hydrogens (primary N) is 1. The summed E-state index contributed by atoms with van der Waals surface area (Å²) in [5.74, 6) is 1.69. The van der Waals surface area contributed by atoms with Crippen molar-refractivity contribution in [2.75, 3.05) is 18.0 Å². The third-order valence-corrected chi connectivity index (χ3v) is 7.16. The van der Waals surface area contributed by atoms with Gasteiger partial charge in [-0.1, -0.05) is 24.3 Å². The highest BCUT2D eigenvalue weighted by Gasteiger charge is 2.47. The summed E-state index contributed by atoms with van der Waals surface area (Å²) in [5, 5.41) is 9.48. The first kappa shape index (κ1) is 24.4. The summed E-state index contributed by atoms with van der Waals surface area (Å²) in [6.07, 6.45) is 6.00. The van der Waals surface area contributed by atoms with Gasteiger partial charge in [0, 0.05) is 19.3 Å². The lowest BCUT2D eigenvalue weighted by Crippen LogP contribution is -2.49. The van der Waals surface area contributed by atoms with Crippen LogP contribution in [0.2, 0.25) is 0 Å². The van der Waals surface area contributed by atoms with Crippen LogP contribution in [0.3, 0.4) is 0 Å². The molecule has 3 fully saturated rings. The number of fused-ring (bicyclic) bond motifs is 2. The first-order valence-corrected chi connectivity index (χ1v) is 12.9. The van der Waals surface area contributed by atoms with Crippen LogP contribution in [0.25, 0.3) is 0 Å². The zero-order chi connectivity index (χ0) is 26.9. The highest BCUT2D eigenvalue weighted by Crippen LogP contribution is 2.37. The molecule has 3 heterocycles. The fourth-order valence-electron chi connectivity index (χ4n) is 5.02. The number of allylic oxidation sites excluding steroid dienone is 1. The monoisotopic (exact) mass is 522 g/mol. The number of primary amides is 1. The molecule has 2 saturated heterocycles. The molecular formula is C29H26N6O4. The third-order valence-electron chi connectivity index (χ3n) is 7.16. The van der Waals surface area contributed by atoms with Crippen LogP contribution in [0.15, 0.2) is 72.4 Å². The molecule has 3 aliphatic rings. The number of anilines is 1. The van der Waals surface area contributed by atoms with Crippen LogP contribution in [0.4, 0.5) is 5.95 Å². The van der Waals surface area contributed by atoms with E-state index in [-0.39, 0.29) is 35.0 Å². The fraction of sp³-hybridized carbons (Fsp3) is 0.276. The van der Waals surface area contributed by atoms with Crippen molar-refractivity contribution < 1.29 is 19.1 Å². The van der Waals surface area contributed by atoms with Crippen molar-refractivity contribution in [2.24, 2.45) is 11.7 Å². The van der Waals surface area contributed by atoms with Gasteiger partial charge in [-0.3, -0.25) is 9.59 Å². The van der Waals surface area contributed by atoms with Crippen LogP contribution in [0.1, 0.15) is 29.6 Å². The van der Waals surface area contributed by atoms with Crippen molar-refractivity contribution >= 4 is 17.8 Å². The SMILES string of the molecule is N#C/C(=C\C1CC1)C(=O)N1C[C@@H]2C[C@H]1CN2c1ncc(C(N)=O)c(Oc2ccc(Oc3ccccc3)cc2)n1.